The molecule has 0 aliphatic carbocycles. The van der Waals surface area contributed by atoms with Crippen LogP contribution in [-0.2, 0) is 5.41 Å². The summed E-state index contributed by atoms with van der Waals surface area (Å²) in [7, 11) is 0. The first-order valence-electron chi connectivity index (χ1n) is 9.06. The molecule has 0 aliphatic heterocycles. The smallest absolute Gasteiger partial charge is 0.255 e. The van der Waals surface area contributed by atoms with Gasteiger partial charge in [0.15, 0.2) is 5.78 Å². The van der Waals surface area contributed by atoms with Crippen molar-refractivity contribution in [2.45, 2.75) is 26.2 Å². The Labute approximate surface area is 179 Å². The predicted molar refractivity (Wildman–Crippen MR) is 122 cm³/mol. The van der Waals surface area contributed by atoms with E-state index in [9.17, 15) is 9.59 Å². The van der Waals surface area contributed by atoms with Gasteiger partial charge in [-0.1, -0.05) is 57.2 Å². The van der Waals surface area contributed by atoms with Crippen molar-refractivity contribution < 1.29 is 9.59 Å². The molecule has 1 N–H and O–H groups in total. The molecule has 0 spiro atoms. The molecule has 0 aromatic heterocycles. The number of rotatable bonds is 4. The fourth-order valence-corrected chi connectivity index (χ4v) is 3.19. The molecule has 3 aromatic rings. The van der Waals surface area contributed by atoms with Crippen LogP contribution in [0, 0.1) is 3.57 Å². The van der Waals surface area contributed by atoms with Gasteiger partial charge >= 0.3 is 0 Å². The van der Waals surface area contributed by atoms with E-state index in [2.05, 4.69) is 48.7 Å². The maximum Gasteiger partial charge on any atom is 0.255 e. The second-order valence-electron chi connectivity index (χ2n) is 7.70. The number of amides is 1. The summed E-state index contributed by atoms with van der Waals surface area (Å²) in [6.45, 7) is 6.43. The largest absolute Gasteiger partial charge is 0.322 e. The molecule has 0 fully saturated rings. The van der Waals surface area contributed by atoms with E-state index in [1.165, 1.54) is 5.56 Å². The van der Waals surface area contributed by atoms with Gasteiger partial charge in [-0.15, -0.1) is 0 Å². The van der Waals surface area contributed by atoms with Crippen LogP contribution in [0.1, 0.15) is 52.6 Å². The minimum atomic E-state index is -0.199. The van der Waals surface area contributed by atoms with Gasteiger partial charge in [0, 0.05) is 25.9 Å². The first kappa shape index (κ1) is 20.3. The lowest BCUT2D eigenvalue weighted by Crippen LogP contribution is -2.13. The van der Waals surface area contributed by atoms with Crippen molar-refractivity contribution in [1.82, 2.24) is 0 Å². The van der Waals surface area contributed by atoms with Crippen LogP contribution in [0.5, 0.6) is 0 Å². The Morgan fingerprint density at radius 2 is 1.39 bits per heavy atom. The normalized spacial score (nSPS) is 11.1. The molecule has 3 nitrogen and oxygen atoms in total. The number of benzene rings is 3. The Bertz CT molecular complexity index is 1000. The van der Waals surface area contributed by atoms with Crippen molar-refractivity contribution in [2.24, 2.45) is 0 Å². The average Bonchev–Trinajstić information content (AvgIpc) is 2.67. The summed E-state index contributed by atoms with van der Waals surface area (Å²) in [5.41, 5.74) is 3.58. The third kappa shape index (κ3) is 4.87. The van der Waals surface area contributed by atoms with Gasteiger partial charge in [-0.2, -0.15) is 0 Å². The molecule has 0 unspecified atom stereocenters. The first-order valence-corrected chi connectivity index (χ1v) is 10.1. The number of carbonyl (C=O) groups excluding carboxylic acids is 2. The molecule has 0 radical (unpaired) electrons. The molecule has 0 saturated heterocycles. The van der Waals surface area contributed by atoms with Crippen molar-refractivity contribution in [2.75, 3.05) is 5.32 Å². The molecule has 1 amide bonds. The number of ketones is 1. The number of halogens is 1. The summed E-state index contributed by atoms with van der Waals surface area (Å²) in [6, 6.07) is 22.1. The zero-order valence-corrected chi connectivity index (χ0v) is 18.3. The highest BCUT2D eigenvalue weighted by Gasteiger charge is 2.15. The monoisotopic (exact) mass is 483 g/mol. The summed E-state index contributed by atoms with van der Waals surface area (Å²) in [5.74, 6) is -0.263. The molecule has 0 aliphatic rings. The number of carbonyl (C=O) groups is 2. The SMILES string of the molecule is CC(C)(C)c1ccc(C(=O)c2cccc(NC(=O)c3ccc(I)cc3)c2)cc1. The molecule has 3 rings (SSSR count). The molecule has 0 bridgehead atoms. The van der Waals surface area contributed by atoms with Crippen LogP contribution in [0.15, 0.2) is 72.8 Å². The van der Waals surface area contributed by atoms with Gasteiger partial charge in [0.05, 0.1) is 0 Å². The van der Waals surface area contributed by atoms with Crippen LogP contribution < -0.4 is 5.32 Å². The third-order valence-electron chi connectivity index (χ3n) is 4.50. The number of hydrogen-bond donors (Lipinski definition) is 1. The van der Waals surface area contributed by atoms with Gasteiger partial charge in [-0.25, -0.2) is 0 Å². The predicted octanol–water partition coefficient (Wildman–Crippen LogP) is 6.07. The van der Waals surface area contributed by atoms with Gasteiger partial charge in [0.2, 0.25) is 0 Å². The van der Waals surface area contributed by atoms with E-state index < -0.39 is 0 Å². The number of anilines is 1. The topological polar surface area (TPSA) is 46.2 Å². The highest BCUT2D eigenvalue weighted by atomic mass is 127. The molecule has 28 heavy (non-hydrogen) atoms. The van der Waals surface area contributed by atoms with Gasteiger partial charge in [0.1, 0.15) is 0 Å². The maximum absolute atomic E-state index is 12.8. The quantitative estimate of drug-likeness (QED) is 0.362. The van der Waals surface area contributed by atoms with Crippen molar-refractivity contribution >= 4 is 40.0 Å². The molecule has 4 heteroatoms. The average molecular weight is 483 g/mol. The van der Waals surface area contributed by atoms with Gasteiger partial charge < -0.3 is 5.32 Å². The third-order valence-corrected chi connectivity index (χ3v) is 5.22. The highest BCUT2D eigenvalue weighted by molar-refractivity contribution is 14.1. The Morgan fingerprint density at radius 1 is 0.786 bits per heavy atom. The van der Waals surface area contributed by atoms with Gasteiger partial charge in [-0.3, -0.25) is 9.59 Å². The van der Waals surface area contributed by atoms with Gasteiger partial charge in [-0.05, 0) is 70.0 Å². The highest BCUT2D eigenvalue weighted by Crippen LogP contribution is 2.23. The van der Waals surface area contributed by atoms with Gasteiger partial charge in [0.25, 0.3) is 5.91 Å². The second kappa shape index (κ2) is 8.27. The lowest BCUT2D eigenvalue weighted by molar-refractivity contribution is 0.102. The number of hydrogen-bond acceptors (Lipinski definition) is 2. The maximum atomic E-state index is 12.8. The lowest BCUT2D eigenvalue weighted by atomic mass is 9.86. The van der Waals surface area contributed by atoms with Crippen molar-refractivity contribution in [3.63, 3.8) is 0 Å². The molecular formula is C24H22INO2. The van der Waals surface area contributed by atoms with Crippen LogP contribution in [0.4, 0.5) is 5.69 Å². The fourth-order valence-electron chi connectivity index (χ4n) is 2.83. The van der Waals surface area contributed by atoms with Crippen LogP contribution in [0.3, 0.4) is 0 Å². The van der Waals surface area contributed by atoms with E-state index in [4.69, 9.17) is 0 Å². The summed E-state index contributed by atoms with van der Waals surface area (Å²) in [4.78, 5) is 25.2. The van der Waals surface area contributed by atoms with E-state index in [1.807, 2.05) is 36.4 Å². The molecule has 0 heterocycles. The second-order valence-corrected chi connectivity index (χ2v) is 8.94. The Balaban J connectivity index is 1.78. The van der Waals surface area contributed by atoms with Crippen LogP contribution in [-0.4, -0.2) is 11.7 Å². The van der Waals surface area contributed by atoms with E-state index in [0.29, 0.717) is 22.4 Å². The zero-order chi connectivity index (χ0) is 20.3. The van der Waals surface area contributed by atoms with E-state index in [-0.39, 0.29) is 17.1 Å². The standard InChI is InChI=1S/C24H22INO2/c1-24(2,3)19-11-7-16(8-12-19)22(27)18-5-4-6-21(15-18)26-23(28)17-9-13-20(25)14-10-17/h4-15H,1-3H3,(H,26,28). The Hall–Kier alpha value is -2.47. The molecule has 142 valence electrons. The summed E-state index contributed by atoms with van der Waals surface area (Å²) in [5, 5.41) is 2.86. The zero-order valence-electron chi connectivity index (χ0n) is 16.1. The summed E-state index contributed by atoms with van der Waals surface area (Å²) in [6.07, 6.45) is 0. The Morgan fingerprint density at radius 3 is 2.00 bits per heavy atom. The van der Waals surface area contributed by atoms with Crippen LogP contribution in [0.25, 0.3) is 0 Å². The number of nitrogens with one attached hydrogen (secondary N) is 1. The van der Waals surface area contributed by atoms with E-state index in [1.54, 1.807) is 36.4 Å². The van der Waals surface area contributed by atoms with Crippen LogP contribution >= 0.6 is 22.6 Å². The molecular weight excluding hydrogens is 461 g/mol. The van der Waals surface area contributed by atoms with Crippen LogP contribution in [0.2, 0.25) is 0 Å². The van der Waals surface area contributed by atoms with Crippen molar-refractivity contribution in [1.29, 1.82) is 0 Å². The van der Waals surface area contributed by atoms with Crippen molar-refractivity contribution in [3.05, 3.63) is 98.6 Å². The minimum absolute atomic E-state index is 0.0429. The first-order chi connectivity index (χ1) is 13.2. The fraction of sp³-hybridized carbons (Fsp3) is 0.167. The molecule has 0 atom stereocenters. The van der Waals surface area contributed by atoms with E-state index >= 15 is 0 Å². The van der Waals surface area contributed by atoms with Crippen molar-refractivity contribution in [3.8, 4) is 0 Å². The lowest BCUT2D eigenvalue weighted by Gasteiger charge is -2.19. The summed E-state index contributed by atoms with van der Waals surface area (Å²) < 4.78 is 1.07. The minimum Gasteiger partial charge on any atom is -0.322 e. The van der Waals surface area contributed by atoms with E-state index in [0.717, 1.165) is 3.57 Å². The Kier molecular flexibility index (Phi) is 5.98. The summed E-state index contributed by atoms with van der Waals surface area (Å²) >= 11 is 2.20. The molecule has 0 saturated carbocycles. The molecule has 3 aromatic carbocycles.